The van der Waals surface area contributed by atoms with Crippen LogP contribution < -0.4 is 14.8 Å². The highest BCUT2D eigenvalue weighted by atomic mass is 16.5. The molecule has 0 amide bonds. The first kappa shape index (κ1) is 20.8. The van der Waals surface area contributed by atoms with Gasteiger partial charge in [-0.05, 0) is 53.6 Å². The number of benzene rings is 2. The lowest BCUT2D eigenvalue weighted by Crippen LogP contribution is -2.31. The van der Waals surface area contributed by atoms with Gasteiger partial charge in [0, 0.05) is 12.6 Å². The smallest absolute Gasteiger partial charge is 0.194 e. The molecule has 3 aromatic rings. The standard InChI is InChI=1S/C21H27N5O3/c1-4-17(13-27)22-12-16-7-10-19(20(11-16)28-3)29-14-21-23-24-25-26(21)18-8-5-15(2)6-9-18/h5-11,17,22,27H,4,12-14H2,1-3H3. The molecule has 1 aromatic heterocycles. The van der Waals surface area contributed by atoms with Crippen LogP contribution in [-0.2, 0) is 13.2 Å². The zero-order valence-corrected chi connectivity index (χ0v) is 17.0. The SMILES string of the molecule is CCC(CO)NCc1ccc(OCc2nnnn2-c2ccc(C)cc2)c(OC)c1. The number of nitrogens with one attached hydrogen (secondary N) is 1. The van der Waals surface area contributed by atoms with Crippen molar-refractivity contribution in [3.63, 3.8) is 0 Å². The Morgan fingerprint density at radius 1 is 1.14 bits per heavy atom. The summed E-state index contributed by atoms with van der Waals surface area (Å²) in [4.78, 5) is 0. The van der Waals surface area contributed by atoms with Crippen molar-refractivity contribution in [1.82, 2.24) is 25.5 Å². The molecule has 1 unspecified atom stereocenters. The van der Waals surface area contributed by atoms with E-state index in [2.05, 4.69) is 20.8 Å². The summed E-state index contributed by atoms with van der Waals surface area (Å²) in [7, 11) is 1.61. The van der Waals surface area contributed by atoms with E-state index in [0.717, 1.165) is 17.7 Å². The van der Waals surface area contributed by atoms with E-state index in [-0.39, 0.29) is 19.3 Å². The zero-order chi connectivity index (χ0) is 20.6. The Hall–Kier alpha value is -2.97. The molecule has 1 heterocycles. The molecule has 0 aliphatic heterocycles. The highest BCUT2D eigenvalue weighted by molar-refractivity contribution is 5.43. The number of tetrazole rings is 1. The molecular weight excluding hydrogens is 370 g/mol. The second-order valence-electron chi connectivity index (χ2n) is 6.78. The van der Waals surface area contributed by atoms with Crippen LogP contribution >= 0.6 is 0 Å². The van der Waals surface area contributed by atoms with E-state index in [0.29, 0.717) is 23.9 Å². The lowest BCUT2D eigenvalue weighted by atomic mass is 10.1. The number of rotatable bonds is 10. The highest BCUT2D eigenvalue weighted by Crippen LogP contribution is 2.29. The van der Waals surface area contributed by atoms with Crippen molar-refractivity contribution in [2.45, 2.75) is 39.5 Å². The average Bonchev–Trinajstić information content (AvgIpc) is 3.22. The number of ether oxygens (including phenoxy) is 2. The lowest BCUT2D eigenvalue weighted by molar-refractivity contribution is 0.238. The van der Waals surface area contributed by atoms with Crippen molar-refractivity contribution in [2.75, 3.05) is 13.7 Å². The minimum atomic E-state index is 0.0811. The van der Waals surface area contributed by atoms with Crippen molar-refractivity contribution in [3.8, 4) is 17.2 Å². The number of hydrogen-bond donors (Lipinski definition) is 2. The topological polar surface area (TPSA) is 94.3 Å². The molecule has 2 N–H and O–H groups in total. The fourth-order valence-electron chi connectivity index (χ4n) is 2.87. The number of methoxy groups -OCH3 is 1. The van der Waals surface area contributed by atoms with Crippen LogP contribution in [0.5, 0.6) is 11.5 Å². The third-order valence-electron chi connectivity index (χ3n) is 4.71. The van der Waals surface area contributed by atoms with Crippen molar-refractivity contribution in [1.29, 1.82) is 0 Å². The van der Waals surface area contributed by atoms with E-state index in [1.807, 2.05) is 56.3 Å². The summed E-state index contributed by atoms with van der Waals surface area (Å²) in [5.74, 6) is 1.84. The number of hydrogen-bond acceptors (Lipinski definition) is 7. The number of aryl methyl sites for hydroxylation is 1. The van der Waals surface area contributed by atoms with Crippen molar-refractivity contribution in [3.05, 3.63) is 59.4 Å². The molecule has 154 valence electrons. The normalized spacial score (nSPS) is 12.0. The van der Waals surface area contributed by atoms with Gasteiger partial charge in [0.2, 0.25) is 0 Å². The van der Waals surface area contributed by atoms with Crippen LogP contribution in [0.1, 0.15) is 30.3 Å². The first-order chi connectivity index (χ1) is 14.1. The summed E-state index contributed by atoms with van der Waals surface area (Å²) in [5, 5.41) is 24.5. The van der Waals surface area contributed by atoms with E-state index in [9.17, 15) is 5.11 Å². The summed E-state index contributed by atoms with van der Waals surface area (Å²) < 4.78 is 13.1. The Balaban J connectivity index is 1.68. The van der Waals surface area contributed by atoms with Gasteiger partial charge in [0.25, 0.3) is 0 Å². The van der Waals surface area contributed by atoms with E-state index < -0.39 is 0 Å². The maximum atomic E-state index is 9.30. The van der Waals surface area contributed by atoms with Gasteiger partial charge in [0.1, 0.15) is 0 Å². The van der Waals surface area contributed by atoms with Gasteiger partial charge in [0.05, 0.1) is 19.4 Å². The average molecular weight is 397 g/mol. The predicted molar refractivity (Wildman–Crippen MR) is 109 cm³/mol. The van der Waals surface area contributed by atoms with E-state index >= 15 is 0 Å². The number of nitrogens with zero attached hydrogens (tertiary/aromatic N) is 4. The second-order valence-corrected chi connectivity index (χ2v) is 6.78. The summed E-state index contributed by atoms with van der Waals surface area (Å²) in [5.41, 5.74) is 3.09. The molecule has 0 spiro atoms. The molecule has 0 bridgehead atoms. The zero-order valence-electron chi connectivity index (χ0n) is 17.0. The van der Waals surface area contributed by atoms with Gasteiger partial charge in [0.15, 0.2) is 23.9 Å². The minimum Gasteiger partial charge on any atom is -0.493 e. The van der Waals surface area contributed by atoms with Crippen LogP contribution in [0.2, 0.25) is 0 Å². The van der Waals surface area contributed by atoms with Gasteiger partial charge in [-0.2, -0.15) is 4.68 Å². The third kappa shape index (κ3) is 5.30. The maximum Gasteiger partial charge on any atom is 0.194 e. The Bertz CT molecular complexity index is 907. The number of aromatic nitrogens is 4. The van der Waals surface area contributed by atoms with Gasteiger partial charge in [-0.25, -0.2) is 0 Å². The molecule has 0 saturated heterocycles. The Morgan fingerprint density at radius 2 is 1.93 bits per heavy atom. The van der Waals surface area contributed by atoms with Crippen LogP contribution in [0.15, 0.2) is 42.5 Å². The van der Waals surface area contributed by atoms with E-state index in [1.54, 1.807) is 11.8 Å². The van der Waals surface area contributed by atoms with Crippen molar-refractivity contribution in [2.24, 2.45) is 0 Å². The monoisotopic (exact) mass is 397 g/mol. The highest BCUT2D eigenvalue weighted by Gasteiger charge is 2.12. The van der Waals surface area contributed by atoms with Gasteiger partial charge in [-0.3, -0.25) is 0 Å². The predicted octanol–water partition coefficient (Wildman–Crippen LogP) is 2.42. The van der Waals surface area contributed by atoms with Crippen LogP contribution in [0.25, 0.3) is 5.69 Å². The fraction of sp³-hybridized carbons (Fsp3) is 0.381. The molecular formula is C21H27N5O3. The largest absolute Gasteiger partial charge is 0.493 e. The van der Waals surface area contributed by atoms with Gasteiger partial charge >= 0.3 is 0 Å². The Kier molecular flexibility index (Phi) is 7.15. The Labute approximate surface area is 170 Å². The number of aliphatic hydroxyl groups excluding tert-OH is 1. The second kappa shape index (κ2) is 9.99. The van der Waals surface area contributed by atoms with Crippen molar-refractivity contribution >= 4 is 0 Å². The molecule has 29 heavy (non-hydrogen) atoms. The molecule has 0 radical (unpaired) electrons. The lowest BCUT2D eigenvalue weighted by Gasteiger charge is -2.15. The summed E-state index contributed by atoms with van der Waals surface area (Å²) >= 11 is 0. The summed E-state index contributed by atoms with van der Waals surface area (Å²) in [6.07, 6.45) is 0.866. The molecule has 0 aliphatic rings. The first-order valence-electron chi connectivity index (χ1n) is 9.62. The van der Waals surface area contributed by atoms with E-state index in [4.69, 9.17) is 9.47 Å². The molecule has 0 aliphatic carbocycles. The van der Waals surface area contributed by atoms with Gasteiger partial charge in [-0.15, -0.1) is 5.10 Å². The van der Waals surface area contributed by atoms with Gasteiger partial charge in [-0.1, -0.05) is 30.7 Å². The van der Waals surface area contributed by atoms with Crippen LogP contribution in [0.4, 0.5) is 0 Å². The molecule has 8 nitrogen and oxygen atoms in total. The molecule has 3 rings (SSSR count). The minimum absolute atomic E-state index is 0.0811. The Morgan fingerprint density at radius 3 is 2.62 bits per heavy atom. The molecule has 0 saturated carbocycles. The number of aliphatic hydroxyl groups is 1. The maximum absolute atomic E-state index is 9.30. The van der Waals surface area contributed by atoms with Crippen LogP contribution in [-0.4, -0.2) is 45.1 Å². The van der Waals surface area contributed by atoms with E-state index in [1.165, 1.54) is 5.56 Å². The van der Waals surface area contributed by atoms with Crippen molar-refractivity contribution < 1.29 is 14.6 Å². The third-order valence-corrected chi connectivity index (χ3v) is 4.71. The van der Waals surface area contributed by atoms with Gasteiger partial charge < -0.3 is 19.9 Å². The summed E-state index contributed by atoms with van der Waals surface area (Å²) in [6.45, 7) is 5.03. The molecule has 0 fully saturated rings. The first-order valence-corrected chi connectivity index (χ1v) is 9.62. The quantitative estimate of drug-likeness (QED) is 0.542. The molecule has 2 aromatic carbocycles. The van der Waals surface area contributed by atoms with Crippen LogP contribution in [0.3, 0.4) is 0 Å². The van der Waals surface area contributed by atoms with Crippen LogP contribution in [0, 0.1) is 6.92 Å². The summed E-state index contributed by atoms with van der Waals surface area (Å²) in [6, 6.07) is 13.8. The molecule has 8 heteroatoms. The molecule has 1 atom stereocenters. The fourth-order valence-corrected chi connectivity index (χ4v) is 2.87.